The predicted molar refractivity (Wildman–Crippen MR) is 121 cm³/mol. The Morgan fingerprint density at radius 2 is 1.83 bits per heavy atom. The van der Waals surface area contributed by atoms with Gasteiger partial charge in [-0.15, -0.1) is 11.3 Å². The first kappa shape index (κ1) is 23.6. The molecule has 0 fully saturated rings. The predicted octanol–water partition coefficient (Wildman–Crippen LogP) is 4.29. The molecule has 0 aliphatic carbocycles. The van der Waals surface area contributed by atoms with E-state index in [-0.39, 0.29) is 17.7 Å². The van der Waals surface area contributed by atoms with E-state index in [0.29, 0.717) is 24.5 Å². The van der Waals surface area contributed by atoms with E-state index in [1.807, 2.05) is 4.90 Å². The third-order valence-corrected chi connectivity index (χ3v) is 7.54. The third kappa shape index (κ3) is 4.46. The standard InChI is InChI=1S/C24H21F4N5OS/c1-14(24(34,11-33-13-29-12-30-33)18-5-3-16(26)9-20(18)28)32-7-6-21-22(10-32)35-23(31-21)17-4-2-15(25)8-19(17)27/h2-5,8-9,12-14,34H,6-7,10-11H2,1H3. The highest BCUT2D eigenvalue weighted by Gasteiger charge is 2.43. The first-order chi connectivity index (χ1) is 16.7. The molecule has 0 saturated heterocycles. The second-order valence-electron chi connectivity index (χ2n) is 8.55. The van der Waals surface area contributed by atoms with Crippen molar-refractivity contribution in [2.75, 3.05) is 6.54 Å². The molecule has 1 aliphatic rings. The van der Waals surface area contributed by atoms with Gasteiger partial charge in [-0.25, -0.2) is 32.2 Å². The molecule has 3 heterocycles. The molecule has 0 radical (unpaired) electrons. The number of aliphatic hydroxyl groups is 1. The molecule has 1 aliphatic heterocycles. The molecule has 5 rings (SSSR count). The normalized spacial score (nSPS) is 16.6. The summed E-state index contributed by atoms with van der Waals surface area (Å²) >= 11 is 1.30. The zero-order valence-electron chi connectivity index (χ0n) is 18.6. The molecule has 2 aromatic carbocycles. The van der Waals surface area contributed by atoms with Gasteiger partial charge in [0.25, 0.3) is 0 Å². The SMILES string of the molecule is CC(N1CCc2nc(-c3ccc(F)cc3F)sc2C1)C(O)(Cn1cncn1)c1ccc(F)cc1F. The summed E-state index contributed by atoms with van der Waals surface area (Å²) < 4.78 is 57.5. The van der Waals surface area contributed by atoms with Crippen LogP contribution in [0.2, 0.25) is 0 Å². The van der Waals surface area contributed by atoms with E-state index in [4.69, 9.17) is 0 Å². The second-order valence-corrected chi connectivity index (χ2v) is 9.63. The maximum Gasteiger partial charge on any atom is 0.137 e. The van der Waals surface area contributed by atoms with Gasteiger partial charge in [0.1, 0.15) is 46.5 Å². The Hall–Kier alpha value is -3.15. The van der Waals surface area contributed by atoms with Gasteiger partial charge in [-0.2, -0.15) is 5.10 Å². The summed E-state index contributed by atoms with van der Waals surface area (Å²) in [6.07, 6.45) is 3.26. The van der Waals surface area contributed by atoms with Gasteiger partial charge in [0.2, 0.25) is 0 Å². The summed E-state index contributed by atoms with van der Waals surface area (Å²) in [5.41, 5.74) is -0.781. The number of thiazole rings is 1. The minimum Gasteiger partial charge on any atom is -0.381 e. The summed E-state index contributed by atoms with van der Waals surface area (Å²) in [6.45, 7) is 2.56. The summed E-state index contributed by atoms with van der Waals surface area (Å²) in [4.78, 5) is 11.3. The molecule has 0 amide bonds. The minimum absolute atomic E-state index is 0.0499. The Bertz CT molecular complexity index is 1360. The van der Waals surface area contributed by atoms with Crippen molar-refractivity contribution in [3.8, 4) is 10.6 Å². The lowest BCUT2D eigenvalue weighted by Gasteiger charge is -2.42. The maximum atomic E-state index is 14.9. The number of hydrogen-bond acceptors (Lipinski definition) is 6. The first-order valence-electron chi connectivity index (χ1n) is 10.9. The van der Waals surface area contributed by atoms with Crippen LogP contribution in [0.25, 0.3) is 10.6 Å². The summed E-state index contributed by atoms with van der Waals surface area (Å²) in [5, 5.41) is 16.3. The molecule has 4 aromatic rings. The Morgan fingerprint density at radius 3 is 2.51 bits per heavy atom. The second kappa shape index (κ2) is 9.14. The van der Waals surface area contributed by atoms with Crippen LogP contribution in [0.4, 0.5) is 17.6 Å². The average molecular weight is 504 g/mol. The van der Waals surface area contributed by atoms with Gasteiger partial charge < -0.3 is 5.11 Å². The Morgan fingerprint density at radius 1 is 1.09 bits per heavy atom. The number of benzene rings is 2. The number of hydrogen-bond donors (Lipinski definition) is 1. The van der Waals surface area contributed by atoms with Crippen LogP contribution in [0.1, 0.15) is 23.1 Å². The quantitative estimate of drug-likeness (QED) is 0.398. The fourth-order valence-electron chi connectivity index (χ4n) is 4.47. The van der Waals surface area contributed by atoms with E-state index in [2.05, 4.69) is 15.1 Å². The lowest BCUT2D eigenvalue weighted by molar-refractivity contribution is -0.0675. The highest BCUT2D eigenvalue weighted by Crippen LogP contribution is 2.38. The molecule has 2 unspecified atom stereocenters. The van der Waals surface area contributed by atoms with Crippen LogP contribution >= 0.6 is 11.3 Å². The smallest absolute Gasteiger partial charge is 0.137 e. The van der Waals surface area contributed by atoms with Gasteiger partial charge in [0, 0.05) is 53.7 Å². The van der Waals surface area contributed by atoms with Crippen molar-refractivity contribution in [1.29, 1.82) is 0 Å². The van der Waals surface area contributed by atoms with Crippen LogP contribution in [0.15, 0.2) is 49.1 Å². The fraction of sp³-hybridized carbons (Fsp3) is 0.292. The molecule has 2 aromatic heterocycles. The van der Waals surface area contributed by atoms with Crippen molar-refractivity contribution in [2.24, 2.45) is 0 Å². The van der Waals surface area contributed by atoms with E-state index in [0.717, 1.165) is 28.8 Å². The number of nitrogens with zero attached hydrogens (tertiary/aromatic N) is 5. The van der Waals surface area contributed by atoms with Gasteiger partial charge >= 0.3 is 0 Å². The number of rotatable bonds is 6. The number of fused-ring (bicyclic) bond motifs is 1. The molecule has 0 bridgehead atoms. The highest BCUT2D eigenvalue weighted by molar-refractivity contribution is 7.15. The van der Waals surface area contributed by atoms with Gasteiger partial charge in [-0.1, -0.05) is 6.07 Å². The third-order valence-electron chi connectivity index (χ3n) is 6.43. The van der Waals surface area contributed by atoms with Crippen molar-refractivity contribution in [2.45, 2.75) is 38.1 Å². The molecule has 1 N–H and O–H groups in total. The van der Waals surface area contributed by atoms with Crippen LogP contribution in [0.3, 0.4) is 0 Å². The van der Waals surface area contributed by atoms with Crippen LogP contribution in [0.5, 0.6) is 0 Å². The Labute approximate surface area is 202 Å². The first-order valence-corrected chi connectivity index (χ1v) is 11.7. The summed E-state index contributed by atoms with van der Waals surface area (Å²) in [5.74, 6) is -2.94. The molecule has 6 nitrogen and oxygen atoms in total. The van der Waals surface area contributed by atoms with E-state index in [1.54, 1.807) is 6.92 Å². The lowest BCUT2D eigenvalue weighted by Crippen LogP contribution is -2.53. The molecular formula is C24H21F4N5OS. The highest BCUT2D eigenvalue weighted by atomic mass is 32.1. The van der Waals surface area contributed by atoms with E-state index < -0.39 is 34.9 Å². The van der Waals surface area contributed by atoms with Crippen molar-refractivity contribution < 1.29 is 22.7 Å². The molecule has 182 valence electrons. The van der Waals surface area contributed by atoms with Crippen molar-refractivity contribution in [3.63, 3.8) is 0 Å². The largest absolute Gasteiger partial charge is 0.381 e. The zero-order valence-corrected chi connectivity index (χ0v) is 19.4. The molecule has 35 heavy (non-hydrogen) atoms. The Kier molecular flexibility index (Phi) is 6.16. The molecule has 0 spiro atoms. The van der Waals surface area contributed by atoms with Crippen molar-refractivity contribution >= 4 is 11.3 Å². The summed E-state index contributed by atoms with van der Waals surface area (Å²) in [6, 6.07) is 5.86. The van der Waals surface area contributed by atoms with Crippen molar-refractivity contribution in [3.05, 3.63) is 88.5 Å². The van der Waals surface area contributed by atoms with Gasteiger partial charge in [0.05, 0.1) is 12.2 Å². The topological polar surface area (TPSA) is 67.1 Å². The number of aromatic nitrogens is 4. The van der Waals surface area contributed by atoms with Gasteiger partial charge in [0.15, 0.2) is 0 Å². The van der Waals surface area contributed by atoms with Crippen LogP contribution in [0, 0.1) is 23.3 Å². The van der Waals surface area contributed by atoms with E-state index in [9.17, 15) is 22.7 Å². The maximum absolute atomic E-state index is 14.9. The Balaban J connectivity index is 1.46. The number of halogens is 4. The fourth-order valence-corrected chi connectivity index (χ4v) is 5.63. The van der Waals surface area contributed by atoms with Gasteiger partial charge in [-0.05, 0) is 25.1 Å². The monoisotopic (exact) mass is 503 g/mol. The molecular weight excluding hydrogens is 482 g/mol. The molecule has 2 atom stereocenters. The minimum atomic E-state index is -1.76. The van der Waals surface area contributed by atoms with Gasteiger partial charge in [-0.3, -0.25) is 4.90 Å². The summed E-state index contributed by atoms with van der Waals surface area (Å²) in [7, 11) is 0. The lowest BCUT2D eigenvalue weighted by atomic mass is 9.85. The van der Waals surface area contributed by atoms with E-state index >= 15 is 0 Å². The molecule has 0 saturated carbocycles. The van der Waals surface area contributed by atoms with Crippen LogP contribution in [-0.4, -0.2) is 42.3 Å². The van der Waals surface area contributed by atoms with Crippen LogP contribution in [-0.2, 0) is 25.1 Å². The zero-order chi connectivity index (χ0) is 24.7. The van der Waals surface area contributed by atoms with E-state index in [1.165, 1.54) is 46.9 Å². The molecule has 11 heteroatoms. The van der Waals surface area contributed by atoms with Crippen LogP contribution < -0.4 is 0 Å². The average Bonchev–Trinajstić information content (AvgIpc) is 3.47. The van der Waals surface area contributed by atoms with Crippen molar-refractivity contribution in [1.82, 2.24) is 24.6 Å².